The van der Waals surface area contributed by atoms with Gasteiger partial charge in [-0.1, -0.05) is 29.8 Å². The molecular formula is C16H21NO4. The predicted octanol–water partition coefficient (Wildman–Crippen LogP) is 1.68. The molecule has 1 heterocycles. The molecule has 114 valence electrons. The van der Waals surface area contributed by atoms with Crippen molar-refractivity contribution in [3.05, 3.63) is 35.4 Å². The number of amides is 1. The van der Waals surface area contributed by atoms with E-state index in [1.54, 1.807) is 0 Å². The Kier molecular flexibility index (Phi) is 4.96. The third kappa shape index (κ3) is 4.04. The van der Waals surface area contributed by atoms with Gasteiger partial charge in [0.2, 0.25) is 5.91 Å². The van der Waals surface area contributed by atoms with Gasteiger partial charge in [0.15, 0.2) is 0 Å². The zero-order valence-corrected chi connectivity index (χ0v) is 12.2. The fraction of sp³-hybridized carbons (Fsp3) is 0.500. The number of rotatable bonds is 5. The summed E-state index contributed by atoms with van der Waals surface area (Å²) in [4.78, 5) is 23.5. The molecular weight excluding hydrogens is 270 g/mol. The molecule has 0 bridgehead atoms. The minimum absolute atomic E-state index is 0.221. The zero-order chi connectivity index (χ0) is 15.3. The molecule has 2 rings (SSSR count). The van der Waals surface area contributed by atoms with Crippen molar-refractivity contribution in [2.24, 2.45) is 0 Å². The second kappa shape index (κ2) is 6.72. The van der Waals surface area contributed by atoms with Crippen LogP contribution in [0.1, 0.15) is 30.4 Å². The quantitative estimate of drug-likeness (QED) is 0.865. The number of carboxylic acids is 1. The van der Waals surface area contributed by atoms with Crippen LogP contribution in [0, 0.1) is 6.92 Å². The summed E-state index contributed by atoms with van der Waals surface area (Å²) in [7, 11) is 0. The second-order valence-electron chi connectivity index (χ2n) is 5.54. The van der Waals surface area contributed by atoms with Gasteiger partial charge in [-0.25, -0.2) is 4.79 Å². The molecule has 0 aromatic heterocycles. The standard InChI is InChI=1S/C16H21NO4/c1-12-3-2-4-13(11-12)5-6-14(18)17-16(15(19)20)7-9-21-10-8-16/h2-4,11H,5-10H2,1H3,(H,17,18)(H,19,20). The average Bonchev–Trinajstić information content (AvgIpc) is 2.46. The zero-order valence-electron chi connectivity index (χ0n) is 12.2. The van der Waals surface area contributed by atoms with Crippen molar-refractivity contribution in [3.63, 3.8) is 0 Å². The molecule has 0 radical (unpaired) electrons. The van der Waals surface area contributed by atoms with Crippen LogP contribution in [-0.4, -0.2) is 35.7 Å². The minimum atomic E-state index is -1.16. The molecule has 1 fully saturated rings. The monoisotopic (exact) mass is 291 g/mol. The van der Waals surface area contributed by atoms with Crippen LogP contribution in [0.4, 0.5) is 0 Å². The number of carbonyl (C=O) groups excluding carboxylic acids is 1. The number of carbonyl (C=O) groups is 2. The lowest BCUT2D eigenvalue weighted by atomic mass is 9.90. The lowest BCUT2D eigenvalue weighted by molar-refractivity contribution is -0.152. The van der Waals surface area contributed by atoms with Crippen molar-refractivity contribution in [1.82, 2.24) is 5.32 Å². The van der Waals surface area contributed by atoms with Gasteiger partial charge >= 0.3 is 5.97 Å². The van der Waals surface area contributed by atoms with Gasteiger partial charge in [-0.2, -0.15) is 0 Å². The molecule has 5 nitrogen and oxygen atoms in total. The largest absolute Gasteiger partial charge is 0.480 e. The van der Waals surface area contributed by atoms with Gasteiger partial charge in [0, 0.05) is 32.5 Å². The van der Waals surface area contributed by atoms with E-state index in [9.17, 15) is 14.7 Å². The van der Waals surface area contributed by atoms with Crippen molar-refractivity contribution in [1.29, 1.82) is 0 Å². The maximum absolute atomic E-state index is 12.1. The number of carboxylic acid groups (broad SMARTS) is 1. The number of aliphatic carboxylic acids is 1. The van der Waals surface area contributed by atoms with Gasteiger partial charge < -0.3 is 15.2 Å². The van der Waals surface area contributed by atoms with Gasteiger partial charge in [0.1, 0.15) is 5.54 Å². The number of hydrogen-bond donors (Lipinski definition) is 2. The molecule has 0 aliphatic carbocycles. The molecule has 21 heavy (non-hydrogen) atoms. The Morgan fingerprint density at radius 1 is 1.33 bits per heavy atom. The van der Waals surface area contributed by atoms with E-state index in [1.807, 2.05) is 31.2 Å². The van der Waals surface area contributed by atoms with E-state index < -0.39 is 11.5 Å². The molecule has 0 saturated carbocycles. The Morgan fingerprint density at radius 3 is 2.67 bits per heavy atom. The van der Waals surface area contributed by atoms with Gasteiger partial charge in [0.05, 0.1) is 0 Å². The first-order chi connectivity index (χ1) is 10.0. The highest BCUT2D eigenvalue weighted by atomic mass is 16.5. The first kappa shape index (κ1) is 15.5. The summed E-state index contributed by atoms with van der Waals surface area (Å²) in [5, 5.41) is 12.1. The molecule has 2 N–H and O–H groups in total. The third-order valence-electron chi connectivity index (χ3n) is 3.86. The number of ether oxygens (including phenoxy) is 1. The second-order valence-corrected chi connectivity index (χ2v) is 5.54. The summed E-state index contributed by atoms with van der Waals surface area (Å²) in [5.74, 6) is -1.20. The van der Waals surface area contributed by atoms with Crippen molar-refractivity contribution in [2.45, 2.75) is 38.1 Å². The van der Waals surface area contributed by atoms with Gasteiger partial charge in [-0.05, 0) is 18.9 Å². The molecule has 1 saturated heterocycles. The van der Waals surface area contributed by atoms with E-state index in [-0.39, 0.29) is 5.91 Å². The van der Waals surface area contributed by atoms with E-state index in [2.05, 4.69) is 5.32 Å². The molecule has 0 unspecified atom stereocenters. The van der Waals surface area contributed by atoms with E-state index in [4.69, 9.17) is 4.74 Å². The fourth-order valence-corrected chi connectivity index (χ4v) is 2.57. The molecule has 0 atom stereocenters. The fourth-order valence-electron chi connectivity index (χ4n) is 2.57. The molecule has 5 heteroatoms. The summed E-state index contributed by atoms with van der Waals surface area (Å²) in [6.07, 6.45) is 1.54. The molecule has 1 aromatic rings. The number of aryl methyl sites for hydroxylation is 2. The molecule has 1 aliphatic heterocycles. The lowest BCUT2D eigenvalue weighted by Gasteiger charge is -2.33. The first-order valence-corrected chi connectivity index (χ1v) is 7.19. The Bertz CT molecular complexity index is 521. The SMILES string of the molecule is Cc1cccc(CCC(=O)NC2(C(=O)O)CCOCC2)c1. The summed E-state index contributed by atoms with van der Waals surface area (Å²) in [5.41, 5.74) is 1.07. The van der Waals surface area contributed by atoms with Crippen LogP contribution in [0.2, 0.25) is 0 Å². The van der Waals surface area contributed by atoms with Gasteiger partial charge in [-0.15, -0.1) is 0 Å². The normalized spacial score (nSPS) is 17.2. The Balaban J connectivity index is 1.92. The maximum Gasteiger partial charge on any atom is 0.329 e. The van der Waals surface area contributed by atoms with Crippen LogP contribution in [0.5, 0.6) is 0 Å². The Labute approximate surface area is 124 Å². The average molecular weight is 291 g/mol. The highest BCUT2D eigenvalue weighted by molar-refractivity contribution is 5.87. The number of benzene rings is 1. The summed E-state index contributed by atoms with van der Waals surface area (Å²) in [6, 6.07) is 7.97. The van der Waals surface area contributed by atoms with Crippen LogP contribution < -0.4 is 5.32 Å². The van der Waals surface area contributed by atoms with Crippen molar-refractivity contribution < 1.29 is 19.4 Å². The van der Waals surface area contributed by atoms with E-state index in [0.717, 1.165) is 11.1 Å². The Hall–Kier alpha value is -1.88. The summed E-state index contributed by atoms with van der Waals surface area (Å²) >= 11 is 0. The predicted molar refractivity (Wildman–Crippen MR) is 78.1 cm³/mol. The molecule has 0 spiro atoms. The lowest BCUT2D eigenvalue weighted by Crippen LogP contribution is -2.57. The highest BCUT2D eigenvalue weighted by Gasteiger charge is 2.41. The van der Waals surface area contributed by atoms with E-state index in [0.29, 0.717) is 38.9 Å². The smallest absolute Gasteiger partial charge is 0.329 e. The van der Waals surface area contributed by atoms with Crippen molar-refractivity contribution >= 4 is 11.9 Å². The molecule has 1 aromatic carbocycles. The topological polar surface area (TPSA) is 75.6 Å². The first-order valence-electron chi connectivity index (χ1n) is 7.19. The summed E-state index contributed by atoms with van der Waals surface area (Å²) < 4.78 is 5.18. The van der Waals surface area contributed by atoms with Crippen LogP contribution in [0.25, 0.3) is 0 Å². The van der Waals surface area contributed by atoms with Crippen LogP contribution >= 0.6 is 0 Å². The van der Waals surface area contributed by atoms with Crippen LogP contribution in [-0.2, 0) is 20.7 Å². The van der Waals surface area contributed by atoms with Crippen molar-refractivity contribution in [3.8, 4) is 0 Å². The maximum atomic E-state index is 12.1. The van der Waals surface area contributed by atoms with E-state index in [1.165, 1.54) is 0 Å². The highest BCUT2D eigenvalue weighted by Crippen LogP contribution is 2.21. The van der Waals surface area contributed by atoms with Crippen molar-refractivity contribution in [2.75, 3.05) is 13.2 Å². The van der Waals surface area contributed by atoms with Crippen LogP contribution in [0.3, 0.4) is 0 Å². The molecule has 1 amide bonds. The van der Waals surface area contributed by atoms with E-state index >= 15 is 0 Å². The molecule has 1 aliphatic rings. The van der Waals surface area contributed by atoms with Crippen LogP contribution in [0.15, 0.2) is 24.3 Å². The van der Waals surface area contributed by atoms with Gasteiger partial charge in [-0.3, -0.25) is 4.79 Å². The Morgan fingerprint density at radius 2 is 2.05 bits per heavy atom. The number of hydrogen-bond acceptors (Lipinski definition) is 3. The number of nitrogens with one attached hydrogen (secondary N) is 1. The third-order valence-corrected chi connectivity index (χ3v) is 3.86. The van der Waals surface area contributed by atoms with Gasteiger partial charge in [0.25, 0.3) is 0 Å². The minimum Gasteiger partial charge on any atom is -0.480 e. The summed E-state index contributed by atoms with van der Waals surface area (Å²) in [6.45, 7) is 2.74.